The normalized spacial score (nSPS) is 11.9. The van der Waals surface area contributed by atoms with E-state index in [1.54, 1.807) is 6.07 Å². The van der Waals surface area contributed by atoms with Crippen molar-refractivity contribution in [3.05, 3.63) is 83.6 Å². The molecule has 1 amide bonds. The van der Waals surface area contributed by atoms with Crippen LogP contribution in [0, 0.1) is 20.8 Å². The molecule has 0 aliphatic rings. The molecule has 2 aromatic carbocycles. The Hall–Kier alpha value is -3.38. The first kappa shape index (κ1) is 21.8. The summed E-state index contributed by atoms with van der Waals surface area (Å²) in [5, 5.41) is 3.25. The zero-order valence-corrected chi connectivity index (χ0v) is 19.5. The lowest BCUT2D eigenvalue weighted by Gasteiger charge is -2.10. The SMILES string of the molecule is Cc1ccc(-c2nc(SC(C)C(=O)Nc3cccc(C)n3)[nH]c2-c2ccc(C)cc2)cc1. The van der Waals surface area contributed by atoms with E-state index in [4.69, 9.17) is 4.98 Å². The summed E-state index contributed by atoms with van der Waals surface area (Å²) >= 11 is 1.40. The van der Waals surface area contributed by atoms with Gasteiger partial charge >= 0.3 is 0 Å². The molecular weight excluding hydrogens is 416 g/mol. The third kappa shape index (κ3) is 5.08. The fraction of sp³-hybridized carbons (Fsp3) is 0.192. The smallest absolute Gasteiger partial charge is 0.238 e. The van der Waals surface area contributed by atoms with Gasteiger partial charge in [-0.05, 0) is 39.8 Å². The van der Waals surface area contributed by atoms with Crippen molar-refractivity contribution >= 4 is 23.5 Å². The summed E-state index contributed by atoms with van der Waals surface area (Å²) in [7, 11) is 0. The Balaban J connectivity index is 1.61. The fourth-order valence-corrected chi connectivity index (χ4v) is 4.12. The average molecular weight is 443 g/mol. The van der Waals surface area contributed by atoms with Gasteiger partial charge < -0.3 is 10.3 Å². The molecular formula is C26H26N4OS. The number of hydrogen-bond acceptors (Lipinski definition) is 4. The van der Waals surface area contributed by atoms with E-state index in [1.807, 2.05) is 26.0 Å². The first-order valence-electron chi connectivity index (χ1n) is 10.5. The van der Waals surface area contributed by atoms with Crippen LogP contribution in [0.4, 0.5) is 5.82 Å². The minimum atomic E-state index is -0.347. The van der Waals surface area contributed by atoms with E-state index in [-0.39, 0.29) is 11.2 Å². The van der Waals surface area contributed by atoms with Gasteiger partial charge in [0.25, 0.3) is 0 Å². The summed E-state index contributed by atoms with van der Waals surface area (Å²) in [4.78, 5) is 25.4. The lowest BCUT2D eigenvalue weighted by molar-refractivity contribution is -0.115. The van der Waals surface area contributed by atoms with Gasteiger partial charge in [0.1, 0.15) is 5.82 Å². The van der Waals surface area contributed by atoms with Gasteiger partial charge in [-0.3, -0.25) is 4.79 Å². The molecule has 1 unspecified atom stereocenters. The average Bonchev–Trinajstić information content (AvgIpc) is 3.18. The van der Waals surface area contributed by atoms with Crippen LogP contribution in [0.2, 0.25) is 0 Å². The maximum absolute atomic E-state index is 12.7. The molecule has 2 N–H and O–H groups in total. The number of carbonyl (C=O) groups excluding carboxylic acids is 1. The minimum Gasteiger partial charge on any atom is -0.332 e. The highest BCUT2D eigenvalue weighted by molar-refractivity contribution is 8.00. The molecule has 4 aromatic rings. The molecule has 1 atom stereocenters. The number of anilines is 1. The van der Waals surface area contributed by atoms with E-state index in [2.05, 4.69) is 77.7 Å². The van der Waals surface area contributed by atoms with Crippen LogP contribution >= 0.6 is 11.8 Å². The number of aromatic nitrogens is 3. The number of aryl methyl sites for hydroxylation is 3. The van der Waals surface area contributed by atoms with E-state index in [0.29, 0.717) is 11.0 Å². The van der Waals surface area contributed by atoms with Crippen molar-refractivity contribution in [2.75, 3.05) is 5.32 Å². The number of pyridine rings is 1. The molecule has 0 bridgehead atoms. The zero-order valence-electron chi connectivity index (χ0n) is 18.6. The maximum Gasteiger partial charge on any atom is 0.238 e. The number of thioether (sulfide) groups is 1. The lowest BCUT2D eigenvalue weighted by atomic mass is 10.0. The van der Waals surface area contributed by atoms with Crippen LogP contribution in [0.25, 0.3) is 22.5 Å². The standard InChI is InChI=1S/C26H26N4OS/c1-16-8-12-20(13-9-16)23-24(21-14-10-17(2)11-15-21)30-26(29-23)32-19(4)25(31)28-22-7-5-6-18(3)27-22/h5-15,19H,1-4H3,(H,29,30)(H,27,28,31). The number of carbonyl (C=O) groups is 1. The molecule has 0 fully saturated rings. The Kier molecular flexibility index (Phi) is 6.42. The summed E-state index contributed by atoms with van der Waals surface area (Å²) in [6, 6.07) is 22.3. The molecule has 2 aromatic heterocycles. The van der Waals surface area contributed by atoms with E-state index < -0.39 is 0 Å². The molecule has 4 rings (SSSR count). The van der Waals surface area contributed by atoms with Crippen molar-refractivity contribution in [3.8, 4) is 22.5 Å². The van der Waals surface area contributed by atoms with Gasteiger partial charge in [0.2, 0.25) is 5.91 Å². The van der Waals surface area contributed by atoms with Crippen molar-refractivity contribution in [2.45, 2.75) is 38.1 Å². The topological polar surface area (TPSA) is 70.7 Å². The van der Waals surface area contributed by atoms with Gasteiger partial charge in [0, 0.05) is 16.8 Å². The highest BCUT2D eigenvalue weighted by Crippen LogP contribution is 2.34. The van der Waals surface area contributed by atoms with Gasteiger partial charge in [0.05, 0.1) is 16.6 Å². The summed E-state index contributed by atoms with van der Waals surface area (Å²) in [6.45, 7) is 7.91. The quantitative estimate of drug-likeness (QED) is 0.350. The molecule has 0 radical (unpaired) electrons. The van der Waals surface area contributed by atoms with Crippen molar-refractivity contribution in [2.24, 2.45) is 0 Å². The first-order valence-corrected chi connectivity index (χ1v) is 11.4. The van der Waals surface area contributed by atoms with Gasteiger partial charge in [0.15, 0.2) is 5.16 Å². The fourth-order valence-electron chi connectivity index (χ4n) is 3.32. The second-order valence-electron chi connectivity index (χ2n) is 7.91. The molecule has 0 aliphatic carbocycles. The molecule has 0 spiro atoms. The van der Waals surface area contributed by atoms with Crippen molar-refractivity contribution in [1.82, 2.24) is 15.0 Å². The first-order chi connectivity index (χ1) is 15.4. The summed E-state index contributed by atoms with van der Waals surface area (Å²) in [5.41, 5.74) is 7.19. The predicted molar refractivity (Wildman–Crippen MR) is 132 cm³/mol. The van der Waals surface area contributed by atoms with E-state index in [0.717, 1.165) is 28.2 Å². The van der Waals surface area contributed by atoms with E-state index in [1.165, 1.54) is 22.9 Å². The predicted octanol–water partition coefficient (Wildman–Crippen LogP) is 6.18. The highest BCUT2D eigenvalue weighted by Gasteiger charge is 2.20. The van der Waals surface area contributed by atoms with Crippen molar-refractivity contribution in [1.29, 1.82) is 0 Å². The Morgan fingerprint density at radius 2 is 1.50 bits per heavy atom. The number of nitrogens with zero attached hydrogens (tertiary/aromatic N) is 2. The molecule has 0 aliphatic heterocycles. The van der Waals surface area contributed by atoms with Gasteiger partial charge in [-0.2, -0.15) is 0 Å². The van der Waals surface area contributed by atoms with Crippen LogP contribution in [-0.4, -0.2) is 26.1 Å². The largest absolute Gasteiger partial charge is 0.332 e. The highest BCUT2D eigenvalue weighted by atomic mass is 32.2. The van der Waals surface area contributed by atoms with E-state index in [9.17, 15) is 4.79 Å². The lowest BCUT2D eigenvalue weighted by Crippen LogP contribution is -2.23. The number of hydrogen-bond donors (Lipinski definition) is 2. The Bertz CT molecular complexity index is 1170. The van der Waals surface area contributed by atoms with Crippen LogP contribution < -0.4 is 5.32 Å². The molecule has 162 valence electrons. The minimum absolute atomic E-state index is 0.113. The third-order valence-corrected chi connectivity index (χ3v) is 6.13. The third-order valence-electron chi connectivity index (χ3n) is 5.14. The number of aromatic amines is 1. The molecule has 2 heterocycles. The van der Waals surface area contributed by atoms with Gasteiger partial charge in [-0.15, -0.1) is 0 Å². The molecule has 6 heteroatoms. The zero-order chi connectivity index (χ0) is 22.7. The Labute approximate surface area is 192 Å². The molecule has 32 heavy (non-hydrogen) atoms. The number of nitrogens with one attached hydrogen (secondary N) is 2. The number of benzene rings is 2. The number of H-pyrrole nitrogens is 1. The number of amides is 1. The second-order valence-corrected chi connectivity index (χ2v) is 9.24. The van der Waals surface area contributed by atoms with Crippen LogP contribution in [0.15, 0.2) is 71.9 Å². The summed E-state index contributed by atoms with van der Waals surface area (Å²) < 4.78 is 0. The summed E-state index contributed by atoms with van der Waals surface area (Å²) in [6.07, 6.45) is 0. The van der Waals surface area contributed by atoms with Crippen LogP contribution in [0.3, 0.4) is 0 Å². The number of imidazole rings is 1. The van der Waals surface area contributed by atoms with Crippen LogP contribution in [0.5, 0.6) is 0 Å². The van der Waals surface area contributed by atoms with Crippen molar-refractivity contribution < 1.29 is 4.79 Å². The monoisotopic (exact) mass is 442 g/mol. The maximum atomic E-state index is 12.7. The van der Waals surface area contributed by atoms with Crippen LogP contribution in [-0.2, 0) is 4.79 Å². The number of rotatable bonds is 6. The van der Waals surface area contributed by atoms with E-state index >= 15 is 0 Å². The Morgan fingerprint density at radius 1 is 0.875 bits per heavy atom. The second kappa shape index (κ2) is 9.40. The summed E-state index contributed by atoms with van der Waals surface area (Å²) in [5.74, 6) is 0.445. The van der Waals surface area contributed by atoms with Crippen molar-refractivity contribution in [3.63, 3.8) is 0 Å². The molecule has 0 saturated carbocycles. The van der Waals surface area contributed by atoms with Gasteiger partial charge in [-0.1, -0.05) is 77.5 Å². The van der Waals surface area contributed by atoms with Gasteiger partial charge in [-0.25, -0.2) is 9.97 Å². The Morgan fingerprint density at radius 3 is 2.12 bits per heavy atom. The molecule has 5 nitrogen and oxygen atoms in total. The molecule has 0 saturated heterocycles. The van der Waals surface area contributed by atoms with Crippen LogP contribution in [0.1, 0.15) is 23.7 Å².